The maximum atomic E-state index is 13.2. The van der Waals surface area contributed by atoms with Crippen LogP contribution in [0.25, 0.3) is 0 Å². The van der Waals surface area contributed by atoms with E-state index >= 15 is 0 Å². The molecule has 132 valence electrons. The lowest BCUT2D eigenvalue weighted by Crippen LogP contribution is -2.18. The Kier molecular flexibility index (Phi) is 5.18. The molecule has 3 rings (SSSR count). The molecular formula is C17H14FN5O2S. The molecule has 7 nitrogen and oxygen atoms in total. The number of hydrogen-bond donors (Lipinski definition) is 2. The summed E-state index contributed by atoms with van der Waals surface area (Å²) in [5.41, 5.74) is 2.10. The highest BCUT2D eigenvalue weighted by Crippen LogP contribution is 2.16. The summed E-state index contributed by atoms with van der Waals surface area (Å²) in [5.74, 6) is -0.290. The zero-order valence-corrected chi connectivity index (χ0v) is 14.2. The second-order valence-corrected chi connectivity index (χ2v) is 5.85. The average Bonchev–Trinajstić information content (AvgIpc) is 3.02. The van der Waals surface area contributed by atoms with Crippen LogP contribution in [0.15, 0.2) is 60.9 Å². The van der Waals surface area contributed by atoms with E-state index in [9.17, 15) is 14.5 Å². The number of nitrogens with zero attached hydrogens (tertiary/aromatic N) is 3. The van der Waals surface area contributed by atoms with Crippen molar-refractivity contribution in [2.45, 2.75) is 6.54 Å². The molecule has 0 aliphatic rings. The van der Waals surface area contributed by atoms with E-state index in [1.165, 1.54) is 24.3 Å². The molecule has 0 aliphatic carbocycles. The fraction of sp³-hybridized carbons (Fsp3) is 0.0588. The predicted octanol–water partition coefficient (Wildman–Crippen LogP) is 3.79. The number of aromatic nitrogens is 2. The number of nitro benzene ring substituents is 1. The Bertz CT molecular complexity index is 942. The van der Waals surface area contributed by atoms with E-state index in [1.807, 2.05) is 6.07 Å². The summed E-state index contributed by atoms with van der Waals surface area (Å²) in [5, 5.41) is 21.1. The summed E-state index contributed by atoms with van der Waals surface area (Å²) in [4.78, 5) is 10.2. The van der Waals surface area contributed by atoms with Crippen LogP contribution in [0.5, 0.6) is 0 Å². The molecule has 0 amide bonds. The summed E-state index contributed by atoms with van der Waals surface area (Å²) in [6.07, 6.45) is 3.35. The highest BCUT2D eigenvalue weighted by Gasteiger charge is 2.06. The first-order valence-corrected chi connectivity index (χ1v) is 8.00. The van der Waals surface area contributed by atoms with Crippen LogP contribution in [0.3, 0.4) is 0 Å². The Balaban J connectivity index is 1.58. The topological polar surface area (TPSA) is 85.0 Å². The average molecular weight is 371 g/mol. The van der Waals surface area contributed by atoms with Gasteiger partial charge in [0.25, 0.3) is 5.69 Å². The number of hydrogen-bond acceptors (Lipinski definition) is 4. The predicted molar refractivity (Wildman–Crippen MR) is 101 cm³/mol. The van der Waals surface area contributed by atoms with Gasteiger partial charge in [-0.3, -0.25) is 14.8 Å². The van der Waals surface area contributed by atoms with Crippen molar-refractivity contribution in [3.63, 3.8) is 0 Å². The lowest BCUT2D eigenvalue weighted by atomic mass is 10.2. The van der Waals surface area contributed by atoms with Crippen molar-refractivity contribution >= 4 is 34.4 Å². The molecule has 9 heteroatoms. The molecule has 0 radical (unpaired) electrons. The van der Waals surface area contributed by atoms with Gasteiger partial charge in [0, 0.05) is 24.0 Å². The second kappa shape index (κ2) is 7.70. The number of thiocarbonyl (C=S) groups is 1. The number of rotatable bonds is 5. The van der Waals surface area contributed by atoms with Crippen molar-refractivity contribution in [1.82, 2.24) is 9.78 Å². The maximum Gasteiger partial charge on any atom is 0.269 e. The summed E-state index contributed by atoms with van der Waals surface area (Å²) in [7, 11) is 0. The molecular weight excluding hydrogens is 357 g/mol. The summed E-state index contributed by atoms with van der Waals surface area (Å²) in [6, 6.07) is 12.2. The molecule has 0 unspecified atom stereocenters. The van der Waals surface area contributed by atoms with E-state index in [2.05, 4.69) is 15.7 Å². The largest absolute Gasteiger partial charge is 0.332 e. The number of anilines is 2. The molecule has 0 spiro atoms. The van der Waals surface area contributed by atoms with Crippen molar-refractivity contribution in [2.75, 3.05) is 10.6 Å². The third-order valence-electron chi connectivity index (χ3n) is 3.46. The van der Waals surface area contributed by atoms with E-state index in [4.69, 9.17) is 12.2 Å². The first-order valence-electron chi connectivity index (χ1n) is 7.59. The maximum absolute atomic E-state index is 13.2. The second-order valence-electron chi connectivity index (χ2n) is 5.44. The molecule has 0 atom stereocenters. The zero-order chi connectivity index (χ0) is 18.5. The Labute approximate surface area is 153 Å². The van der Waals surface area contributed by atoms with Gasteiger partial charge in [-0.15, -0.1) is 0 Å². The highest BCUT2D eigenvalue weighted by molar-refractivity contribution is 7.80. The molecule has 0 fully saturated rings. The zero-order valence-electron chi connectivity index (χ0n) is 13.4. The van der Waals surface area contributed by atoms with Crippen molar-refractivity contribution < 1.29 is 9.31 Å². The monoisotopic (exact) mass is 371 g/mol. The molecule has 0 aliphatic heterocycles. The van der Waals surface area contributed by atoms with Crippen molar-refractivity contribution in [1.29, 1.82) is 0 Å². The van der Waals surface area contributed by atoms with Crippen LogP contribution >= 0.6 is 12.2 Å². The van der Waals surface area contributed by atoms with Crippen molar-refractivity contribution in [2.24, 2.45) is 0 Å². The van der Waals surface area contributed by atoms with Gasteiger partial charge in [-0.1, -0.05) is 12.1 Å². The van der Waals surface area contributed by atoms with Crippen LogP contribution in [-0.4, -0.2) is 19.8 Å². The van der Waals surface area contributed by atoms with E-state index < -0.39 is 4.92 Å². The third kappa shape index (κ3) is 4.61. The van der Waals surface area contributed by atoms with Gasteiger partial charge in [-0.2, -0.15) is 5.10 Å². The number of nitrogens with one attached hydrogen (secondary N) is 2. The van der Waals surface area contributed by atoms with E-state index in [0.717, 1.165) is 5.56 Å². The molecule has 0 bridgehead atoms. The lowest BCUT2D eigenvalue weighted by molar-refractivity contribution is -0.384. The smallest absolute Gasteiger partial charge is 0.269 e. The number of halogens is 1. The Morgan fingerprint density at radius 3 is 2.62 bits per heavy atom. The number of nitro groups is 1. The van der Waals surface area contributed by atoms with Gasteiger partial charge in [0.15, 0.2) is 5.11 Å². The third-order valence-corrected chi connectivity index (χ3v) is 3.66. The normalized spacial score (nSPS) is 10.3. The summed E-state index contributed by atoms with van der Waals surface area (Å²) >= 11 is 5.22. The van der Waals surface area contributed by atoms with E-state index in [1.54, 1.807) is 35.3 Å². The van der Waals surface area contributed by atoms with E-state index in [-0.39, 0.29) is 11.5 Å². The minimum absolute atomic E-state index is 0.00746. The molecule has 1 aromatic heterocycles. The SMILES string of the molecule is O=[N+]([O-])c1ccc(NC(=S)Nc2cnn(Cc3cccc(F)c3)c2)cc1. The number of benzene rings is 2. The number of non-ortho nitro benzene ring substituents is 1. The van der Waals surface area contributed by atoms with Crippen LogP contribution in [0.2, 0.25) is 0 Å². The van der Waals surface area contributed by atoms with Gasteiger partial charge in [0.05, 0.1) is 23.4 Å². The fourth-order valence-corrected chi connectivity index (χ4v) is 2.53. The van der Waals surface area contributed by atoms with Crippen LogP contribution in [0.4, 0.5) is 21.5 Å². The Morgan fingerprint density at radius 1 is 1.19 bits per heavy atom. The molecule has 2 aromatic carbocycles. The molecule has 2 N–H and O–H groups in total. The van der Waals surface area contributed by atoms with Gasteiger partial charge in [-0.05, 0) is 42.0 Å². The lowest BCUT2D eigenvalue weighted by Gasteiger charge is -2.08. The van der Waals surface area contributed by atoms with Gasteiger partial charge >= 0.3 is 0 Å². The molecule has 0 saturated heterocycles. The first-order chi connectivity index (χ1) is 12.5. The fourth-order valence-electron chi connectivity index (χ4n) is 2.30. The molecule has 1 heterocycles. The van der Waals surface area contributed by atoms with E-state index in [0.29, 0.717) is 23.0 Å². The van der Waals surface area contributed by atoms with Crippen molar-refractivity contribution in [3.8, 4) is 0 Å². The summed E-state index contributed by atoms with van der Waals surface area (Å²) < 4.78 is 14.9. The van der Waals surface area contributed by atoms with Crippen LogP contribution in [0, 0.1) is 15.9 Å². The minimum atomic E-state index is -0.465. The highest BCUT2D eigenvalue weighted by atomic mass is 32.1. The Morgan fingerprint density at radius 2 is 1.92 bits per heavy atom. The van der Waals surface area contributed by atoms with Gasteiger partial charge in [0.2, 0.25) is 0 Å². The van der Waals surface area contributed by atoms with Crippen molar-refractivity contribution in [3.05, 3.63) is 82.4 Å². The molecule has 3 aromatic rings. The summed E-state index contributed by atoms with van der Waals surface area (Å²) in [6.45, 7) is 0.433. The molecule has 26 heavy (non-hydrogen) atoms. The minimum Gasteiger partial charge on any atom is -0.332 e. The van der Waals surface area contributed by atoms with Crippen LogP contribution in [-0.2, 0) is 6.54 Å². The van der Waals surface area contributed by atoms with Crippen LogP contribution < -0.4 is 10.6 Å². The van der Waals surface area contributed by atoms with Crippen LogP contribution in [0.1, 0.15) is 5.56 Å². The van der Waals surface area contributed by atoms with Gasteiger partial charge in [-0.25, -0.2) is 4.39 Å². The first kappa shape index (κ1) is 17.5. The Hall–Kier alpha value is -3.33. The quantitative estimate of drug-likeness (QED) is 0.403. The standard InChI is InChI=1S/C17H14FN5O2S/c18-13-3-1-2-12(8-13)10-22-11-15(9-19-22)21-17(26)20-14-4-6-16(7-5-14)23(24)25/h1-9,11H,10H2,(H2,20,21,26). The van der Waals surface area contributed by atoms with Gasteiger partial charge in [0.1, 0.15) is 5.82 Å². The van der Waals surface area contributed by atoms with Gasteiger partial charge < -0.3 is 10.6 Å². The molecule has 0 saturated carbocycles.